The van der Waals surface area contributed by atoms with Gasteiger partial charge in [0.1, 0.15) is 0 Å². The van der Waals surface area contributed by atoms with E-state index < -0.39 is 0 Å². The fourth-order valence-electron chi connectivity index (χ4n) is 2.62. The Morgan fingerprint density at radius 1 is 1.45 bits per heavy atom. The van der Waals surface area contributed by atoms with E-state index in [-0.39, 0.29) is 5.91 Å². The summed E-state index contributed by atoms with van der Waals surface area (Å²) in [6, 6.07) is 4.45. The molecule has 118 valence electrons. The Morgan fingerprint density at radius 2 is 2.32 bits per heavy atom. The van der Waals surface area contributed by atoms with Gasteiger partial charge in [-0.05, 0) is 25.4 Å². The lowest BCUT2D eigenvalue weighted by molar-refractivity contribution is -0.118. The van der Waals surface area contributed by atoms with E-state index in [0.29, 0.717) is 17.7 Å². The van der Waals surface area contributed by atoms with Crippen molar-refractivity contribution in [3.05, 3.63) is 22.9 Å². The van der Waals surface area contributed by atoms with Crippen molar-refractivity contribution in [3.63, 3.8) is 0 Å². The van der Waals surface area contributed by atoms with E-state index in [9.17, 15) is 4.79 Å². The van der Waals surface area contributed by atoms with Crippen molar-refractivity contribution in [2.45, 2.75) is 13.0 Å². The molecular weight excluding hydrogens is 316 g/mol. The summed E-state index contributed by atoms with van der Waals surface area (Å²) in [4.78, 5) is 22.3. The normalized spacial score (nSPS) is 20.2. The minimum atomic E-state index is 0.0171. The van der Waals surface area contributed by atoms with Crippen molar-refractivity contribution in [3.8, 4) is 10.6 Å². The Labute approximate surface area is 138 Å². The van der Waals surface area contributed by atoms with Gasteiger partial charge >= 0.3 is 0 Å². The highest BCUT2D eigenvalue weighted by molar-refractivity contribution is 7.16. The van der Waals surface area contributed by atoms with Crippen LogP contribution in [0.3, 0.4) is 0 Å². The standard InChI is InChI=1S/C15H20N4OS2/c1-11-8-18(2)5-6-19(11)9-14(20)17-15-16-12(10-22-15)13-4-3-7-21-13/h3-4,7,10-11H,5-6,8-9H2,1-2H3,(H,16,17,20). The topological polar surface area (TPSA) is 48.5 Å². The third-order valence-corrected chi connectivity index (χ3v) is 5.49. The minimum Gasteiger partial charge on any atom is -0.304 e. The van der Waals surface area contributed by atoms with E-state index in [1.807, 2.05) is 22.9 Å². The van der Waals surface area contributed by atoms with E-state index >= 15 is 0 Å². The second-order valence-corrected chi connectivity index (χ2v) is 7.45. The second kappa shape index (κ2) is 6.87. The molecule has 1 aliphatic rings. The molecule has 1 fully saturated rings. The van der Waals surface area contributed by atoms with E-state index in [4.69, 9.17) is 0 Å². The van der Waals surface area contributed by atoms with Crippen LogP contribution in [0.25, 0.3) is 10.6 Å². The molecule has 0 aliphatic carbocycles. The zero-order valence-electron chi connectivity index (χ0n) is 12.8. The van der Waals surface area contributed by atoms with E-state index in [2.05, 4.69) is 34.1 Å². The molecule has 0 bridgehead atoms. The number of likely N-dealkylation sites (N-methyl/N-ethyl adjacent to an activating group) is 1. The third kappa shape index (κ3) is 3.73. The molecule has 1 N–H and O–H groups in total. The molecule has 7 heteroatoms. The maximum absolute atomic E-state index is 12.2. The lowest BCUT2D eigenvalue weighted by Crippen LogP contribution is -2.52. The molecule has 1 atom stereocenters. The molecule has 3 rings (SSSR count). The van der Waals surface area contributed by atoms with Gasteiger partial charge in [0.25, 0.3) is 0 Å². The zero-order chi connectivity index (χ0) is 15.5. The van der Waals surface area contributed by atoms with Crippen LogP contribution in [0.4, 0.5) is 5.13 Å². The highest BCUT2D eigenvalue weighted by Crippen LogP contribution is 2.28. The van der Waals surface area contributed by atoms with Crippen molar-refractivity contribution in [2.24, 2.45) is 0 Å². The van der Waals surface area contributed by atoms with Crippen LogP contribution < -0.4 is 5.32 Å². The molecule has 2 aromatic rings. The van der Waals surface area contributed by atoms with Crippen molar-refractivity contribution in [2.75, 3.05) is 38.5 Å². The fraction of sp³-hybridized carbons (Fsp3) is 0.467. The number of carbonyl (C=O) groups excluding carboxylic acids is 1. The smallest absolute Gasteiger partial charge is 0.240 e. The summed E-state index contributed by atoms with van der Waals surface area (Å²) >= 11 is 3.13. The van der Waals surface area contributed by atoms with Gasteiger partial charge in [-0.15, -0.1) is 22.7 Å². The summed E-state index contributed by atoms with van der Waals surface area (Å²) in [6.07, 6.45) is 0. The summed E-state index contributed by atoms with van der Waals surface area (Å²) in [6.45, 7) is 5.55. The Hall–Kier alpha value is -1.28. The average Bonchev–Trinajstić information content (AvgIpc) is 3.12. The van der Waals surface area contributed by atoms with Crippen LogP contribution in [0.2, 0.25) is 0 Å². The fourth-order valence-corrected chi connectivity index (χ4v) is 4.11. The Kier molecular flexibility index (Phi) is 4.87. The Bertz CT molecular complexity index is 625. The monoisotopic (exact) mass is 336 g/mol. The summed E-state index contributed by atoms with van der Waals surface area (Å²) in [7, 11) is 2.12. The summed E-state index contributed by atoms with van der Waals surface area (Å²) in [5, 5.41) is 7.61. The molecule has 2 aromatic heterocycles. The maximum Gasteiger partial charge on any atom is 0.240 e. The number of amides is 1. The first-order chi connectivity index (χ1) is 10.6. The number of nitrogens with zero attached hydrogens (tertiary/aromatic N) is 3. The molecule has 22 heavy (non-hydrogen) atoms. The van der Waals surface area contributed by atoms with Crippen LogP contribution >= 0.6 is 22.7 Å². The number of piperazine rings is 1. The molecule has 0 radical (unpaired) electrons. The zero-order valence-corrected chi connectivity index (χ0v) is 14.4. The van der Waals surface area contributed by atoms with Crippen LogP contribution in [0, 0.1) is 0 Å². The van der Waals surface area contributed by atoms with Gasteiger partial charge in [0.15, 0.2) is 5.13 Å². The maximum atomic E-state index is 12.2. The van der Waals surface area contributed by atoms with Crippen molar-refractivity contribution < 1.29 is 4.79 Å². The van der Waals surface area contributed by atoms with Crippen LogP contribution in [0.1, 0.15) is 6.92 Å². The van der Waals surface area contributed by atoms with Crippen molar-refractivity contribution in [1.29, 1.82) is 0 Å². The van der Waals surface area contributed by atoms with E-state index in [0.717, 1.165) is 30.2 Å². The summed E-state index contributed by atoms with van der Waals surface area (Å²) in [5.74, 6) is 0.0171. The SMILES string of the molecule is CC1CN(C)CCN1CC(=O)Nc1nc(-c2cccs2)cs1. The molecule has 1 aliphatic heterocycles. The summed E-state index contributed by atoms with van der Waals surface area (Å²) < 4.78 is 0. The molecule has 1 unspecified atom stereocenters. The Balaban J connectivity index is 1.56. The summed E-state index contributed by atoms with van der Waals surface area (Å²) in [5.41, 5.74) is 0.934. The van der Waals surface area contributed by atoms with E-state index in [1.54, 1.807) is 11.3 Å². The lowest BCUT2D eigenvalue weighted by Gasteiger charge is -2.37. The van der Waals surface area contributed by atoms with Gasteiger partial charge in [-0.25, -0.2) is 4.98 Å². The number of rotatable bonds is 4. The van der Waals surface area contributed by atoms with Gasteiger partial charge < -0.3 is 10.2 Å². The van der Waals surface area contributed by atoms with Crippen LogP contribution in [-0.2, 0) is 4.79 Å². The third-order valence-electron chi connectivity index (χ3n) is 3.84. The van der Waals surface area contributed by atoms with Crippen LogP contribution in [-0.4, -0.2) is 60.0 Å². The number of thiazole rings is 1. The van der Waals surface area contributed by atoms with Crippen LogP contribution in [0.5, 0.6) is 0 Å². The Morgan fingerprint density at radius 3 is 3.05 bits per heavy atom. The molecule has 5 nitrogen and oxygen atoms in total. The molecule has 1 amide bonds. The number of thiophene rings is 1. The van der Waals surface area contributed by atoms with Gasteiger partial charge in [-0.1, -0.05) is 6.07 Å². The highest BCUT2D eigenvalue weighted by atomic mass is 32.1. The first-order valence-corrected chi connectivity index (χ1v) is 9.09. The first kappa shape index (κ1) is 15.6. The van der Waals surface area contributed by atoms with Crippen LogP contribution in [0.15, 0.2) is 22.9 Å². The quantitative estimate of drug-likeness (QED) is 0.932. The van der Waals surface area contributed by atoms with Gasteiger partial charge in [0.05, 0.1) is 17.1 Å². The number of hydrogen-bond acceptors (Lipinski definition) is 6. The van der Waals surface area contributed by atoms with Gasteiger partial charge in [0, 0.05) is 31.1 Å². The highest BCUT2D eigenvalue weighted by Gasteiger charge is 2.23. The van der Waals surface area contributed by atoms with Gasteiger partial charge in [-0.3, -0.25) is 9.69 Å². The van der Waals surface area contributed by atoms with E-state index in [1.165, 1.54) is 11.3 Å². The largest absolute Gasteiger partial charge is 0.304 e. The molecule has 3 heterocycles. The minimum absolute atomic E-state index is 0.0171. The number of nitrogens with one attached hydrogen (secondary N) is 1. The molecule has 1 saturated heterocycles. The van der Waals surface area contributed by atoms with Gasteiger partial charge in [-0.2, -0.15) is 0 Å². The molecule has 0 spiro atoms. The average molecular weight is 336 g/mol. The molecular formula is C15H20N4OS2. The van der Waals surface area contributed by atoms with Gasteiger partial charge in [0.2, 0.25) is 5.91 Å². The predicted octanol–water partition coefficient (Wildman–Crippen LogP) is 2.45. The molecule has 0 aromatic carbocycles. The predicted molar refractivity (Wildman–Crippen MR) is 92.6 cm³/mol. The number of hydrogen-bond donors (Lipinski definition) is 1. The lowest BCUT2D eigenvalue weighted by atomic mass is 10.2. The number of carbonyl (C=O) groups is 1. The molecule has 0 saturated carbocycles. The number of aromatic nitrogens is 1. The van der Waals surface area contributed by atoms with Crippen molar-refractivity contribution in [1.82, 2.24) is 14.8 Å². The first-order valence-electron chi connectivity index (χ1n) is 7.33. The van der Waals surface area contributed by atoms with Crippen molar-refractivity contribution >= 4 is 33.7 Å². The number of anilines is 1. The second-order valence-electron chi connectivity index (χ2n) is 5.65.